The molecule has 0 aliphatic heterocycles. The molecule has 7 heteroatoms. The van der Waals surface area contributed by atoms with Gasteiger partial charge in [0.25, 0.3) is 0 Å². The highest BCUT2D eigenvalue weighted by Crippen LogP contribution is 2.59. The van der Waals surface area contributed by atoms with E-state index in [1.807, 2.05) is 0 Å². The monoisotopic (exact) mass is 297 g/mol. The van der Waals surface area contributed by atoms with Crippen LogP contribution in [-0.4, -0.2) is 38.8 Å². The Morgan fingerprint density at radius 1 is 1.45 bits per heavy atom. The first-order valence-corrected chi connectivity index (χ1v) is 7.02. The number of rotatable bonds is 4. The summed E-state index contributed by atoms with van der Waals surface area (Å²) in [5.74, 6) is -0.336. The lowest BCUT2D eigenvalue weighted by Crippen LogP contribution is -2.53. The van der Waals surface area contributed by atoms with Crippen molar-refractivity contribution in [3.63, 3.8) is 0 Å². The normalized spacial score (nSPS) is 31.5. The van der Waals surface area contributed by atoms with E-state index >= 15 is 0 Å². The summed E-state index contributed by atoms with van der Waals surface area (Å²) >= 11 is 5.72. The van der Waals surface area contributed by atoms with Crippen molar-refractivity contribution >= 4 is 23.4 Å². The fourth-order valence-corrected chi connectivity index (χ4v) is 3.67. The minimum absolute atomic E-state index is 0.0375. The molecule has 1 spiro atoms. The number of aliphatic hydroxyl groups excluding tert-OH is 1. The van der Waals surface area contributed by atoms with Crippen LogP contribution in [0.2, 0.25) is 5.28 Å². The van der Waals surface area contributed by atoms with Gasteiger partial charge in [0.05, 0.1) is 0 Å². The third-order valence-corrected chi connectivity index (χ3v) is 4.57. The molecule has 0 aromatic carbocycles. The number of hydrogen-bond donors (Lipinski definition) is 3. The summed E-state index contributed by atoms with van der Waals surface area (Å²) in [6.45, 7) is 0.268. The van der Waals surface area contributed by atoms with Gasteiger partial charge in [-0.2, -0.15) is 4.98 Å². The number of nitrogens with one attached hydrogen (secondary N) is 1. The highest BCUT2D eigenvalue weighted by molar-refractivity contribution is 6.28. The van der Waals surface area contributed by atoms with Crippen LogP contribution in [0.1, 0.15) is 36.0 Å². The Labute approximate surface area is 121 Å². The van der Waals surface area contributed by atoms with Gasteiger partial charge in [0.15, 0.2) is 0 Å². The summed E-state index contributed by atoms with van der Waals surface area (Å²) < 4.78 is 0. The number of carboxylic acid groups (broad SMARTS) is 1. The van der Waals surface area contributed by atoms with Crippen molar-refractivity contribution in [2.24, 2.45) is 11.3 Å². The van der Waals surface area contributed by atoms with E-state index in [0.717, 1.165) is 25.7 Å². The number of aromatic nitrogens is 2. The molecule has 6 nitrogen and oxygen atoms in total. The lowest BCUT2D eigenvalue weighted by Gasteiger charge is -2.57. The molecule has 0 amide bonds. The molecule has 0 unspecified atom stereocenters. The van der Waals surface area contributed by atoms with E-state index in [9.17, 15) is 4.79 Å². The first-order valence-electron chi connectivity index (χ1n) is 6.64. The number of carboxylic acids is 1. The second-order valence-electron chi connectivity index (χ2n) is 5.91. The molecular weight excluding hydrogens is 282 g/mol. The molecule has 0 atom stereocenters. The number of anilines is 1. The first kappa shape index (κ1) is 13.6. The van der Waals surface area contributed by atoms with Gasteiger partial charge in [0, 0.05) is 18.8 Å². The highest BCUT2D eigenvalue weighted by atomic mass is 35.5. The Morgan fingerprint density at radius 3 is 2.75 bits per heavy atom. The van der Waals surface area contributed by atoms with Crippen LogP contribution >= 0.6 is 11.6 Å². The second-order valence-corrected chi connectivity index (χ2v) is 6.25. The largest absolute Gasteiger partial charge is 0.477 e. The van der Waals surface area contributed by atoms with Gasteiger partial charge < -0.3 is 15.5 Å². The van der Waals surface area contributed by atoms with Gasteiger partial charge in [0.2, 0.25) is 5.28 Å². The number of aliphatic hydroxyl groups is 1. The Bertz CT molecular complexity index is 538. The van der Waals surface area contributed by atoms with Crippen molar-refractivity contribution in [2.45, 2.75) is 31.7 Å². The van der Waals surface area contributed by atoms with Gasteiger partial charge in [-0.1, -0.05) is 0 Å². The Kier molecular flexibility index (Phi) is 3.30. The summed E-state index contributed by atoms with van der Waals surface area (Å²) in [7, 11) is 0. The average Bonchev–Trinajstić information content (AvgIpc) is 2.30. The molecule has 2 aliphatic rings. The van der Waals surface area contributed by atoms with Crippen molar-refractivity contribution in [3.8, 4) is 0 Å². The van der Waals surface area contributed by atoms with Gasteiger partial charge in [-0.25, -0.2) is 9.78 Å². The van der Waals surface area contributed by atoms with E-state index in [1.54, 1.807) is 0 Å². The number of carbonyl (C=O) groups is 1. The summed E-state index contributed by atoms with van der Waals surface area (Å²) in [6.07, 6.45) is 5.34. The summed E-state index contributed by atoms with van der Waals surface area (Å²) in [5, 5.41) is 21.3. The van der Waals surface area contributed by atoms with Crippen LogP contribution in [0.15, 0.2) is 6.20 Å². The van der Waals surface area contributed by atoms with Crippen LogP contribution in [0.3, 0.4) is 0 Å². The number of halogens is 1. The van der Waals surface area contributed by atoms with Gasteiger partial charge in [-0.15, -0.1) is 0 Å². The summed E-state index contributed by atoms with van der Waals surface area (Å²) in [6, 6.07) is 0.221. The van der Waals surface area contributed by atoms with E-state index in [0.29, 0.717) is 11.3 Å². The molecule has 3 N–H and O–H groups in total. The number of nitrogens with zero attached hydrogens (tertiary/aromatic N) is 2. The van der Waals surface area contributed by atoms with Gasteiger partial charge >= 0.3 is 5.97 Å². The van der Waals surface area contributed by atoms with E-state index in [1.165, 1.54) is 6.20 Å². The molecule has 2 fully saturated rings. The van der Waals surface area contributed by atoms with E-state index in [-0.39, 0.29) is 29.3 Å². The Balaban J connectivity index is 1.63. The smallest absolute Gasteiger partial charge is 0.341 e. The Hall–Kier alpha value is -1.40. The van der Waals surface area contributed by atoms with Crippen LogP contribution in [0, 0.1) is 11.3 Å². The maximum atomic E-state index is 11.1. The molecule has 108 valence electrons. The molecule has 0 bridgehead atoms. The van der Waals surface area contributed by atoms with Gasteiger partial charge in [0.1, 0.15) is 11.4 Å². The standard InChI is InChI=1S/C13H16ClN3O3/c14-12-15-5-9(11(19)20)10(17-12)16-8-3-13(4-8)1-7(2-13)6-18/h5,7-8,18H,1-4,6H2,(H,19,20)(H,15,16,17). The molecule has 1 heterocycles. The second kappa shape index (κ2) is 4.86. The molecule has 20 heavy (non-hydrogen) atoms. The van der Waals surface area contributed by atoms with Crippen molar-refractivity contribution in [1.29, 1.82) is 0 Å². The van der Waals surface area contributed by atoms with Crippen LogP contribution < -0.4 is 5.32 Å². The zero-order chi connectivity index (χ0) is 14.3. The quantitative estimate of drug-likeness (QED) is 0.733. The highest BCUT2D eigenvalue weighted by Gasteiger charge is 2.52. The zero-order valence-corrected chi connectivity index (χ0v) is 11.6. The van der Waals surface area contributed by atoms with Crippen LogP contribution in [0.25, 0.3) is 0 Å². The number of hydrogen-bond acceptors (Lipinski definition) is 5. The maximum Gasteiger partial charge on any atom is 0.341 e. The lowest BCUT2D eigenvalue weighted by molar-refractivity contribution is -0.0534. The maximum absolute atomic E-state index is 11.1. The molecule has 1 aromatic heterocycles. The minimum Gasteiger partial charge on any atom is -0.477 e. The molecular formula is C13H16ClN3O3. The van der Waals surface area contributed by atoms with Gasteiger partial charge in [-0.3, -0.25) is 0 Å². The predicted molar refractivity (Wildman–Crippen MR) is 72.9 cm³/mol. The molecule has 0 saturated heterocycles. The van der Waals surface area contributed by atoms with E-state index < -0.39 is 5.97 Å². The van der Waals surface area contributed by atoms with E-state index in [2.05, 4.69) is 15.3 Å². The lowest BCUT2D eigenvalue weighted by atomic mass is 9.50. The van der Waals surface area contributed by atoms with Crippen molar-refractivity contribution < 1.29 is 15.0 Å². The van der Waals surface area contributed by atoms with Crippen molar-refractivity contribution in [3.05, 3.63) is 17.0 Å². The number of aromatic carboxylic acids is 1. The third-order valence-electron chi connectivity index (χ3n) is 4.39. The third kappa shape index (κ3) is 2.33. The molecule has 1 aromatic rings. The molecule has 2 aliphatic carbocycles. The first-order chi connectivity index (χ1) is 9.51. The minimum atomic E-state index is -1.07. The summed E-state index contributed by atoms with van der Waals surface area (Å²) in [4.78, 5) is 18.8. The van der Waals surface area contributed by atoms with Crippen LogP contribution in [0.4, 0.5) is 5.82 Å². The predicted octanol–water partition coefficient (Wildman–Crippen LogP) is 1.79. The fraction of sp³-hybridized carbons (Fsp3) is 0.615. The topological polar surface area (TPSA) is 95.3 Å². The summed E-state index contributed by atoms with van der Waals surface area (Å²) in [5.41, 5.74) is 0.392. The zero-order valence-electron chi connectivity index (χ0n) is 10.8. The van der Waals surface area contributed by atoms with Crippen LogP contribution in [0.5, 0.6) is 0 Å². The van der Waals surface area contributed by atoms with Gasteiger partial charge in [-0.05, 0) is 48.6 Å². The van der Waals surface area contributed by atoms with Crippen LogP contribution in [-0.2, 0) is 0 Å². The van der Waals surface area contributed by atoms with Crippen molar-refractivity contribution in [2.75, 3.05) is 11.9 Å². The molecule has 2 saturated carbocycles. The Morgan fingerprint density at radius 2 is 2.15 bits per heavy atom. The fourth-order valence-electron chi connectivity index (χ4n) is 3.54. The SMILES string of the molecule is O=C(O)c1cnc(Cl)nc1NC1CC2(CC(CO)C2)C1. The average molecular weight is 298 g/mol. The van der Waals surface area contributed by atoms with E-state index in [4.69, 9.17) is 21.8 Å². The van der Waals surface area contributed by atoms with Crippen molar-refractivity contribution in [1.82, 2.24) is 9.97 Å². The molecule has 3 rings (SSSR count). The molecule has 0 radical (unpaired) electrons.